The van der Waals surface area contributed by atoms with Crippen LogP contribution in [0.3, 0.4) is 0 Å². The van der Waals surface area contributed by atoms with E-state index in [1.165, 1.54) is 18.4 Å². The molecule has 25 heavy (non-hydrogen) atoms. The molecule has 1 saturated heterocycles. The highest BCUT2D eigenvalue weighted by Gasteiger charge is 2.36. The van der Waals surface area contributed by atoms with Crippen molar-refractivity contribution in [2.24, 2.45) is 5.92 Å². The number of pyridine rings is 1. The van der Waals surface area contributed by atoms with Gasteiger partial charge in [0.15, 0.2) is 5.65 Å². The molecule has 0 amide bonds. The number of hydrogen-bond donors (Lipinski definition) is 2. The molecule has 128 valence electrons. The molecule has 0 spiro atoms. The number of rotatable bonds is 2. The predicted octanol–water partition coefficient (Wildman–Crippen LogP) is 3.22. The average Bonchev–Trinajstić information content (AvgIpc) is 3.25. The molecule has 1 saturated carbocycles. The number of nitrogens with zero attached hydrogens (tertiary/aromatic N) is 3. The van der Waals surface area contributed by atoms with Crippen molar-refractivity contribution in [3.63, 3.8) is 0 Å². The Hall–Kier alpha value is -2.24. The van der Waals surface area contributed by atoms with Gasteiger partial charge in [0, 0.05) is 29.9 Å². The van der Waals surface area contributed by atoms with E-state index < -0.39 is 0 Å². The molecule has 2 N–H and O–H groups in total. The first-order valence-electron chi connectivity index (χ1n) is 9.19. The van der Waals surface area contributed by atoms with Gasteiger partial charge in [-0.3, -0.25) is 10.9 Å². The van der Waals surface area contributed by atoms with Crippen molar-refractivity contribution in [3.05, 3.63) is 48.2 Å². The van der Waals surface area contributed by atoms with E-state index in [0.717, 1.165) is 35.6 Å². The third-order valence-corrected chi connectivity index (χ3v) is 5.68. The molecule has 3 heterocycles. The van der Waals surface area contributed by atoms with Crippen LogP contribution in [0.1, 0.15) is 31.0 Å². The Morgan fingerprint density at radius 2 is 1.92 bits per heavy atom. The zero-order chi connectivity index (χ0) is 16.8. The molecule has 3 aromatic rings. The van der Waals surface area contributed by atoms with Gasteiger partial charge in [-0.05, 0) is 44.2 Å². The Labute approximate surface area is 147 Å². The van der Waals surface area contributed by atoms with Gasteiger partial charge in [-0.2, -0.15) is 0 Å². The normalized spacial score (nSPS) is 26.0. The number of hydrazine groups is 1. The van der Waals surface area contributed by atoms with Crippen molar-refractivity contribution >= 4 is 11.2 Å². The molecule has 5 heteroatoms. The second-order valence-electron chi connectivity index (χ2n) is 7.33. The summed E-state index contributed by atoms with van der Waals surface area (Å²) in [4.78, 5) is 9.81. The summed E-state index contributed by atoms with van der Waals surface area (Å²) in [5.41, 5.74) is 11.0. The van der Waals surface area contributed by atoms with Gasteiger partial charge in [0.05, 0.1) is 0 Å². The molecule has 2 fully saturated rings. The minimum atomic E-state index is 0.456. The van der Waals surface area contributed by atoms with Crippen LogP contribution in [0.4, 0.5) is 0 Å². The molecule has 0 radical (unpaired) electrons. The summed E-state index contributed by atoms with van der Waals surface area (Å²) in [5.74, 6) is 1.74. The Morgan fingerprint density at radius 1 is 1.04 bits per heavy atom. The van der Waals surface area contributed by atoms with Gasteiger partial charge >= 0.3 is 0 Å². The minimum absolute atomic E-state index is 0.456. The van der Waals surface area contributed by atoms with Crippen LogP contribution in [0.5, 0.6) is 0 Å². The van der Waals surface area contributed by atoms with E-state index in [2.05, 4.69) is 64.8 Å². The van der Waals surface area contributed by atoms with E-state index in [-0.39, 0.29) is 0 Å². The Bertz CT molecular complexity index is 901. The number of fused-ring (bicyclic) bond motifs is 2. The summed E-state index contributed by atoms with van der Waals surface area (Å²) >= 11 is 0. The first-order valence-corrected chi connectivity index (χ1v) is 9.19. The first-order chi connectivity index (χ1) is 12.3. The first kappa shape index (κ1) is 15.0. The van der Waals surface area contributed by atoms with E-state index in [0.29, 0.717) is 18.0 Å². The highest BCUT2D eigenvalue weighted by Crippen LogP contribution is 2.38. The van der Waals surface area contributed by atoms with Gasteiger partial charge in [-0.15, -0.1) is 0 Å². The van der Waals surface area contributed by atoms with Crippen molar-refractivity contribution in [1.82, 2.24) is 25.4 Å². The molecular formula is C20H23N5. The van der Waals surface area contributed by atoms with Crippen LogP contribution in [-0.2, 0) is 0 Å². The van der Waals surface area contributed by atoms with Gasteiger partial charge in [-0.25, -0.2) is 9.97 Å². The molecule has 2 aromatic heterocycles. The lowest BCUT2D eigenvalue weighted by molar-refractivity contribution is 0.257. The molecule has 0 bridgehead atoms. The second-order valence-corrected chi connectivity index (χ2v) is 7.33. The summed E-state index contributed by atoms with van der Waals surface area (Å²) in [7, 11) is 0. The molecule has 2 aliphatic rings. The van der Waals surface area contributed by atoms with Gasteiger partial charge in [0.1, 0.15) is 11.3 Å². The maximum absolute atomic E-state index is 4.95. The number of aromatic nitrogens is 3. The fraction of sp³-hybridized carbons (Fsp3) is 0.400. The molecule has 3 atom stereocenters. The lowest BCUT2D eigenvalue weighted by Gasteiger charge is -2.32. The van der Waals surface area contributed by atoms with Crippen molar-refractivity contribution < 1.29 is 0 Å². The van der Waals surface area contributed by atoms with Crippen LogP contribution in [0.2, 0.25) is 0 Å². The van der Waals surface area contributed by atoms with Crippen LogP contribution in [0, 0.1) is 12.8 Å². The molecule has 5 nitrogen and oxygen atoms in total. The lowest BCUT2D eigenvalue weighted by Crippen LogP contribution is -2.36. The number of imidazole rings is 1. The van der Waals surface area contributed by atoms with Crippen LogP contribution >= 0.6 is 0 Å². The number of hydrogen-bond acceptors (Lipinski definition) is 4. The van der Waals surface area contributed by atoms with E-state index in [1.807, 2.05) is 0 Å². The maximum Gasteiger partial charge on any atom is 0.160 e. The highest BCUT2D eigenvalue weighted by atomic mass is 15.4. The zero-order valence-corrected chi connectivity index (χ0v) is 14.4. The zero-order valence-electron chi connectivity index (χ0n) is 14.4. The fourth-order valence-electron chi connectivity index (χ4n) is 4.42. The summed E-state index contributed by atoms with van der Waals surface area (Å²) in [5, 5.41) is 0. The Morgan fingerprint density at radius 3 is 2.80 bits per heavy atom. The van der Waals surface area contributed by atoms with E-state index in [1.54, 1.807) is 0 Å². The molecule has 5 rings (SSSR count). The Balaban J connectivity index is 1.65. The lowest BCUT2D eigenvalue weighted by atomic mass is 9.82. The number of benzene rings is 1. The largest absolute Gasteiger partial charge is 0.306 e. The van der Waals surface area contributed by atoms with E-state index in [4.69, 9.17) is 9.97 Å². The van der Waals surface area contributed by atoms with Crippen molar-refractivity contribution in [2.75, 3.05) is 6.54 Å². The highest BCUT2D eigenvalue weighted by molar-refractivity contribution is 5.77. The number of aryl methyl sites for hydroxylation is 1. The summed E-state index contributed by atoms with van der Waals surface area (Å²) in [6.07, 6.45) is 3.53. The second kappa shape index (κ2) is 5.93. The van der Waals surface area contributed by atoms with Crippen LogP contribution in [0.25, 0.3) is 22.6 Å². The smallest absolute Gasteiger partial charge is 0.160 e. The summed E-state index contributed by atoms with van der Waals surface area (Å²) in [6.45, 7) is 3.11. The standard InChI is InChI=1S/C20H23N5/c1-13-7-9-18-20(22-13)25(19(23-18)14-5-3-2-4-6-14)16-8-10-17-15(11-16)12-21-24-17/h2-7,9,15-17,21,24H,8,10-12H2,1H3. The molecular weight excluding hydrogens is 310 g/mol. The van der Waals surface area contributed by atoms with Gasteiger partial charge in [0.25, 0.3) is 0 Å². The van der Waals surface area contributed by atoms with E-state index in [9.17, 15) is 0 Å². The van der Waals surface area contributed by atoms with Crippen molar-refractivity contribution in [1.29, 1.82) is 0 Å². The SMILES string of the molecule is Cc1ccc2nc(-c3ccccc3)n(C3CCC4NNCC4C3)c2n1. The van der Waals surface area contributed by atoms with Crippen molar-refractivity contribution in [3.8, 4) is 11.4 Å². The van der Waals surface area contributed by atoms with Gasteiger partial charge in [0.2, 0.25) is 0 Å². The van der Waals surface area contributed by atoms with E-state index >= 15 is 0 Å². The average molecular weight is 333 g/mol. The van der Waals surface area contributed by atoms with Crippen LogP contribution in [-0.4, -0.2) is 27.1 Å². The maximum atomic E-state index is 4.95. The monoisotopic (exact) mass is 333 g/mol. The van der Waals surface area contributed by atoms with Crippen LogP contribution in [0.15, 0.2) is 42.5 Å². The molecule has 3 unspecified atom stereocenters. The fourth-order valence-corrected chi connectivity index (χ4v) is 4.42. The molecule has 1 aliphatic heterocycles. The summed E-state index contributed by atoms with van der Waals surface area (Å²) < 4.78 is 2.41. The van der Waals surface area contributed by atoms with Crippen LogP contribution < -0.4 is 10.9 Å². The third kappa shape index (κ3) is 2.55. The summed E-state index contributed by atoms with van der Waals surface area (Å²) in [6, 6.07) is 15.7. The molecule has 1 aromatic carbocycles. The van der Waals surface area contributed by atoms with Gasteiger partial charge < -0.3 is 4.57 Å². The minimum Gasteiger partial charge on any atom is -0.306 e. The van der Waals surface area contributed by atoms with Gasteiger partial charge in [-0.1, -0.05) is 30.3 Å². The molecule has 1 aliphatic carbocycles. The van der Waals surface area contributed by atoms with Crippen molar-refractivity contribution in [2.45, 2.75) is 38.3 Å². The number of nitrogens with one attached hydrogen (secondary N) is 2. The predicted molar refractivity (Wildman–Crippen MR) is 99.0 cm³/mol. The third-order valence-electron chi connectivity index (χ3n) is 5.68. The topological polar surface area (TPSA) is 54.8 Å². The quantitative estimate of drug-likeness (QED) is 0.756. The Kier molecular flexibility index (Phi) is 3.57.